The minimum atomic E-state index is -4.64. The van der Waals surface area contributed by atoms with Crippen molar-refractivity contribution in [1.29, 1.82) is 0 Å². The number of hydrogen-bond acceptors (Lipinski definition) is 6. The molecule has 0 aromatic carbocycles. The predicted molar refractivity (Wildman–Crippen MR) is 35.3 cm³/mol. The first-order valence-corrected chi connectivity index (χ1v) is 4.84. The molecule has 0 aliphatic carbocycles. The summed E-state index contributed by atoms with van der Waals surface area (Å²) in [6.45, 7) is 0. The molecule has 0 amide bonds. The van der Waals surface area contributed by atoms with Gasteiger partial charge in [-0.1, -0.05) is 0 Å². The second-order valence-corrected chi connectivity index (χ2v) is 3.24. The Bertz CT molecular complexity index is 133. The van der Waals surface area contributed by atoms with Gasteiger partial charge in [0.05, 0.1) is 0 Å². The number of quaternary nitrogens is 1. The molecule has 0 atom stereocenters. The van der Waals surface area contributed by atoms with E-state index in [1.807, 2.05) is 0 Å². The first kappa shape index (κ1) is 23.0. The molecule has 0 saturated heterocycles. The van der Waals surface area contributed by atoms with Gasteiger partial charge in [-0.05, 0) is 15.5 Å². The zero-order valence-electron chi connectivity index (χ0n) is 6.08. The van der Waals surface area contributed by atoms with Crippen molar-refractivity contribution in [2.24, 2.45) is 11.0 Å². The molecule has 9 nitrogen and oxygen atoms in total. The summed E-state index contributed by atoms with van der Waals surface area (Å²) in [5, 5.41) is 0. The predicted octanol–water partition coefficient (Wildman–Crippen LogP) is -4.46. The molecule has 12 heavy (non-hydrogen) atoms. The smallest absolute Gasteiger partial charge is 0.799 e. The molecular formula is H8AlN3O6P2. The van der Waals surface area contributed by atoms with Gasteiger partial charge < -0.3 is 45.9 Å². The summed E-state index contributed by atoms with van der Waals surface area (Å²) < 4.78 is 17.8. The molecule has 0 bridgehead atoms. The largest absolute Gasteiger partial charge is 3.00 e. The van der Waals surface area contributed by atoms with Crippen LogP contribution in [0.1, 0.15) is 0 Å². The van der Waals surface area contributed by atoms with Gasteiger partial charge in [0.2, 0.25) is 0 Å². The molecule has 0 heterocycles. The Hall–Kier alpha value is 0.712. The molecule has 0 fully saturated rings. The third-order valence-electron chi connectivity index (χ3n) is 0. The minimum absolute atomic E-state index is 0. The van der Waals surface area contributed by atoms with E-state index in [1.165, 1.54) is 0 Å². The van der Waals surface area contributed by atoms with E-state index in [9.17, 15) is 0 Å². The third-order valence-corrected chi connectivity index (χ3v) is 0. The van der Waals surface area contributed by atoms with Crippen molar-refractivity contribution >= 4 is 32.9 Å². The molecule has 0 aliphatic rings. The fourth-order valence-corrected chi connectivity index (χ4v) is 0. The van der Waals surface area contributed by atoms with Crippen LogP contribution in [-0.2, 0) is 9.13 Å². The summed E-state index contributed by atoms with van der Waals surface area (Å²) in [7, 11) is -9.28. The Morgan fingerprint density at radius 1 is 0.833 bits per heavy atom. The molecule has 0 rings (SSSR count). The van der Waals surface area contributed by atoms with Crippen molar-refractivity contribution in [1.82, 2.24) is 6.15 Å². The second-order valence-electron chi connectivity index (χ2n) is 1.08. The molecule has 0 aromatic rings. The number of rotatable bonds is 0. The van der Waals surface area contributed by atoms with E-state index in [0.717, 1.165) is 0 Å². The first-order chi connectivity index (χ1) is 4.00. The summed E-state index contributed by atoms with van der Waals surface area (Å²) in [6.07, 6.45) is 0. The Morgan fingerprint density at radius 2 is 0.833 bits per heavy atom. The molecule has 12 heteroatoms. The van der Waals surface area contributed by atoms with Crippen LogP contribution in [0.2, 0.25) is 0 Å². The van der Waals surface area contributed by atoms with Crippen molar-refractivity contribution in [2.45, 2.75) is 0 Å². The maximum absolute atomic E-state index is 8.88. The molecular weight excluding hydrogens is 227 g/mol. The van der Waals surface area contributed by atoms with E-state index < -0.39 is 15.5 Å². The van der Waals surface area contributed by atoms with Crippen LogP contribution in [0.25, 0.3) is 0 Å². The molecule has 72 valence electrons. The quantitative estimate of drug-likeness (QED) is 0.274. The van der Waals surface area contributed by atoms with Crippen LogP contribution in [-0.4, -0.2) is 17.4 Å². The van der Waals surface area contributed by atoms with Crippen molar-refractivity contribution < 1.29 is 28.7 Å². The second kappa shape index (κ2) is 8.32. The first-order valence-electron chi connectivity index (χ1n) is 1.61. The molecule has 0 radical (unpaired) electrons. The average Bonchev–Trinajstić information content (AvgIpc) is 1.12. The van der Waals surface area contributed by atoms with Crippen LogP contribution in [0.4, 0.5) is 0 Å². The zero-order valence-corrected chi connectivity index (χ0v) is 9.02. The van der Waals surface area contributed by atoms with Crippen LogP contribution in [0.15, 0.2) is 0 Å². The summed E-state index contributed by atoms with van der Waals surface area (Å²) >= 11 is 0. The Balaban J connectivity index is -0.0000000457. The van der Waals surface area contributed by atoms with Crippen molar-refractivity contribution in [3.8, 4) is 0 Å². The van der Waals surface area contributed by atoms with Gasteiger partial charge in [-0.15, -0.1) is 0 Å². The van der Waals surface area contributed by atoms with Crippen LogP contribution in [0.3, 0.4) is 0 Å². The van der Waals surface area contributed by atoms with E-state index in [4.69, 9.17) is 28.7 Å². The average molecular weight is 235 g/mol. The number of nitrogens with two attached hydrogens (primary N) is 2. The fourth-order valence-electron chi connectivity index (χ4n) is 0. The fraction of sp³-hybridized carbons (Fsp3) is 0. The molecule has 8 N–H and O–H groups in total. The van der Waals surface area contributed by atoms with Crippen LogP contribution >= 0.6 is 15.5 Å². The van der Waals surface area contributed by atoms with Gasteiger partial charge in [-0.3, -0.25) is 0 Å². The van der Waals surface area contributed by atoms with Crippen LogP contribution in [0, 0.1) is 0 Å². The van der Waals surface area contributed by atoms with Gasteiger partial charge in [0.1, 0.15) is 0 Å². The third kappa shape index (κ3) is 1990. The van der Waals surface area contributed by atoms with Crippen molar-refractivity contribution in [3.63, 3.8) is 0 Å². The Labute approximate surface area is 79.3 Å². The summed E-state index contributed by atoms with van der Waals surface area (Å²) in [6, 6.07) is 0. The zero-order chi connectivity index (χ0) is 9.00. The molecule has 0 unspecified atom stereocenters. The SMILES string of the molecule is NP(=O)([O-])[O-].NP(=O)([O-])[O-].[Al+3].[NH4+]. The van der Waals surface area contributed by atoms with Crippen LogP contribution in [0.5, 0.6) is 0 Å². The normalized spacial score (nSPS) is 9.83. The van der Waals surface area contributed by atoms with Gasteiger partial charge in [-0.2, -0.15) is 0 Å². The standard InChI is InChI=1S/Al.2H4NO3P.H3N/c;2*1-5(2,3)4;/h;2*(H4,1,2,3,4);1H3/q+3;;;/p-3. The summed E-state index contributed by atoms with van der Waals surface area (Å²) in [4.78, 5) is 35.5. The van der Waals surface area contributed by atoms with Gasteiger partial charge >= 0.3 is 17.4 Å². The van der Waals surface area contributed by atoms with Crippen molar-refractivity contribution in [3.05, 3.63) is 0 Å². The maximum atomic E-state index is 8.88. The van der Waals surface area contributed by atoms with E-state index in [0.29, 0.717) is 0 Å². The summed E-state index contributed by atoms with van der Waals surface area (Å²) in [5.41, 5.74) is 7.60. The monoisotopic (exact) mass is 235 g/mol. The Morgan fingerprint density at radius 3 is 0.833 bits per heavy atom. The van der Waals surface area contributed by atoms with Gasteiger partial charge in [0.25, 0.3) is 0 Å². The topological polar surface area (TPSA) is 215 Å². The van der Waals surface area contributed by atoms with Crippen LogP contribution < -0.4 is 36.7 Å². The van der Waals surface area contributed by atoms with E-state index in [1.54, 1.807) is 0 Å². The maximum Gasteiger partial charge on any atom is 3.00 e. The molecule has 0 aromatic heterocycles. The van der Waals surface area contributed by atoms with E-state index in [-0.39, 0.29) is 23.5 Å². The van der Waals surface area contributed by atoms with Gasteiger partial charge in [0.15, 0.2) is 0 Å². The summed E-state index contributed by atoms with van der Waals surface area (Å²) in [5.74, 6) is 0. The van der Waals surface area contributed by atoms with Gasteiger partial charge in [0, 0.05) is 0 Å². The minimum Gasteiger partial charge on any atom is -0.799 e. The van der Waals surface area contributed by atoms with E-state index in [2.05, 4.69) is 11.0 Å². The molecule has 0 aliphatic heterocycles. The molecule has 0 spiro atoms. The Kier molecular flexibility index (Phi) is 15.9. The van der Waals surface area contributed by atoms with Gasteiger partial charge in [-0.25, -0.2) is 0 Å². The van der Waals surface area contributed by atoms with Crippen molar-refractivity contribution in [2.75, 3.05) is 0 Å². The molecule has 0 saturated carbocycles. The van der Waals surface area contributed by atoms with E-state index >= 15 is 0 Å². The number of hydrogen-bond donors (Lipinski definition) is 3.